The van der Waals surface area contributed by atoms with Crippen LogP contribution in [0.1, 0.15) is 25.0 Å². The molecule has 0 aliphatic carbocycles. The first-order chi connectivity index (χ1) is 7.77. The first kappa shape index (κ1) is 14.5. The van der Waals surface area contributed by atoms with E-state index in [-0.39, 0.29) is 11.8 Å². The zero-order valence-electron chi connectivity index (χ0n) is 10.3. The molecular formula is C12H16Br2N2O. The molecule has 3 nitrogen and oxygen atoms in total. The van der Waals surface area contributed by atoms with Crippen molar-refractivity contribution in [2.24, 2.45) is 5.92 Å². The molecule has 5 heteroatoms. The van der Waals surface area contributed by atoms with E-state index in [4.69, 9.17) is 5.73 Å². The van der Waals surface area contributed by atoms with Crippen molar-refractivity contribution in [3.8, 4) is 0 Å². The molecule has 1 aromatic rings. The lowest BCUT2D eigenvalue weighted by atomic mass is 10.1. The van der Waals surface area contributed by atoms with Gasteiger partial charge in [0, 0.05) is 20.6 Å². The molecule has 0 atom stereocenters. The van der Waals surface area contributed by atoms with Gasteiger partial charge in [-0.2, -0.15) is 0 Å². The highest BCUT2D eigenvalue weighted by atomic mass is 79.9. The van der Waals surface area contributed by atoms with Crippen LogP contribution < -0.4 is 11.1 Å². The van der Waals surface area contributed by atoms with Crippen LogP contribution in [0.5, 0.6) is 0 Å². The summed E-state index contributed by atoms with van der Waals surface area (Å²) in [5.74, 6) is -0.0522. The molecule has 1 rings (SSSR count). The predicted molar refractivity (Wildman–Crippen MR) is 79.2 cm³/mol. The van der Waals surface area contributed by atoms with Gasteiger partial charge in [-0.15, -0.1) is 0 Å². The number of rotatable bonds is 2. The average molecular weight is 364 g/mol. The van der Waals surface area contributed by atoms with E-state index in [9.17, 15) is 4.79 Å². The number of halogens is 2. The summed E-state index contributed by atoms with van der Waals surface area (Å²) in [5, 5.41) is 2.93. The van der Waals surface area contributed by atoms with Crippen molar-refractivity contribution in [3.63, 3.8) is 0 Å². The average Bonchev–Trinajstić information content (AvgIpc) is 2.29. The van der Waals surface area contributed by atoms with Crippen LogP contribution >= 0.6 is 31.9 Å². The Kier molecular flexibility index (Phi) is 4.61. The summed E-state index contributed by atoms with van der Waals surface area (Å²) in [6.07, 6.45) is 0. The molecule has 17 heavy (non-hydrogen) atoms. The summed E-state index contributed by atoms with van der Waals surface area (Å²) >= 11 is 6.87. The number of nitrogen functional groups attached to an aromatic ring is 1. The van der Waals surface area contributed by atoms with Gasteiger partial charge in [0.2, 0.25) is 5.91 Å². The fourth-order valence-electron chi connectivity index (χ4n) is 1.46. The molecule has 3 N–H and O–H groups in total. The van der Waals surface area contributed by atoms with Crippen LogP contribution in [0.4, 0.5) is 11.4 Å². The minimum atomic E-state index is -0.0519. The Balaban J connectivity index is 3.30. The van der Waals surface area contributed by atoms with Crippen molar-refractivity contribution in [1.82, 2.24) is 0 Å². The summed E-state index contributed by atoms with van der Waals surface area (Å²) in [5.41, 5.74) is 9.29. The molecule has 94 valence electrons. The summed E-state index contributed by atoms with van der Waals surface area (Å²) in [6.45, 7) is 7.58. The third-order valence-corrected chi connectivity index (χ3v) is 4.70. The zero-order valence-corrected chi connectivity index (χ0v) is 13.5. The molecule has 0 saturated heterocycles. The Morgan fingerprint density at radius 3 is 1.94 bits per heavy atom. The SMILES string of the molecule is Cc1c(Br)c(N)c(Br)c(C)c1NC(=O)C(C)C. The third kappa shape index (κ3) is 2.83. The summed E-state index contributed by atoms with van der Waals surface area (Å²) in [7, 11) is 0. The van der Waals surface area contributed by atoms with Crippen LogP contribution in [0.2, 0.25) is 0 Å². The van der Waals surface area contributed by atoms with Gasteiger partial charge in [-0.3, -0.25) is 4.79 Å². The van der Waals surface area contributed by atoms with E-state index in [1.54, 1.807) is 0 Å². The molecular weight excluding hydrogens is 348 g/mol. The fourth-order valence-corrected chi connectivity index (χ4v) is 2.52. The van der Waals surface area contributed by atoms with E-state index in [1.165, 1.54) is 0 Å². The highest BCUT2D eigenvalue weighted by Gasteiger charge is 2.17. The molecule has 0 spiro atoms. The van der Waals surface area contributed by atoms with E-state index in [0.717, 1.165) is 25.8 Å². The molecule has 0 unspecified atom stereocenters. The maximum Gasteiger partial charge on any atom is 0.226 e. The van der Waals surface area contributed by atoms with E-state index >= 15 is 0 Å². The molecule has 0 fully saturated rings. The second-order valence-corrected chi connectivity index (χ2v) is 5.90. The highest BCUT2D eigenvalue weighted by Crippen LogP contribution is 2.39. The number of carbonyl (C=O) groups excluding carboxylic acids is 1. The van der Waals surface area contributed by atoms with Crippen molar-refractivity contribution in [3.05, 3.63) is 20.1 Å². The first-order valence-corrected chi connectivity index (χ1v) is 6.90. The van der Waals surface area contributed by atoms with Gasteiger partial charge in [-0.1, -0.05) is 13.8 Å². The van der Waals surface area contributed by atoms with Gasteiger partial charge in [0.25, 0.3) is 0 Å². The normalized spacial score (nSPS) is 10.8. The van der Waals surface area contributed by atoms with E-state index < -0.39 is 0 Å². The maximum absolute atomic E-state index is 11.8. The Morgan fingerprint density at radius 2 is 1.59 bits per heavy atom. The van der Waals surface area contributed by atoms with Gasteiger partial charge in [0.15, 0.2) is 0 Å². The van der Waals surface area contributed by atoms with Gasteiger partial charge < -0.3 is 11.1 Å². The molecule has 0 aliphatic heterocycles. The number of hydrogen-bond acceptors (Lipinski definition) is 2. The van der Waals surface area contributed by atoms with Crippen LogP contribution in [-0.2, 0) is 4.79 Å². The minimum absolute atomic E-state index is 0.000212. The lowest BCUT2D eigenvalue weighted by Gasteiger charge is -2.18. The number of benzene rings is 1. The topological polar surface area (TPSA) is 55.1 Å². The quantitative estimate of drug-likeness (QED) is 0.780. The second-order valence-electron chi connectivity index (χ2n) is 4.31. The van der Waals surface area contributed by atoms with Crippen molar-refractivity contribution in [2.75, 3.05) is 11.1 Å². The molecule has 0 bridgehead atoms. The Hall–Kier alpha value is -0.550. The van der Waals surface area contributed by atoms with Crippen LogP contribution in [0, 0.1) is 19.8 Å². The molecule has 0 saturated carbocycles. The standard InChI is InChI=1S/C12H16Br2N2O/c1-5(2)12(17)16-11-6(3)8(13)10(15)9(14)7(11)4/h5H,15H2,1-4H3,(H,16,17). The molecule has 1 amide bonds. The predicted octanol–water partition coefficient (Wildman–Crippen LogP) is 4.01. The highest BCUT2D eigenvalue weighted by molar-refractivity contribution is 9.11. The first-order valence-electron chi connectivity index (χ1n) is 5.31. The summed E-state index contributed by atoms with van der Waals surface area (Å²) < 4.78 is 1.63. The molecule has 0 aromatic heterocycles. The Bertz CT molecular complexity index is 441. The number of nitrogens with one attached hydrogen (secondary N) is 1. The number of carbonyl (C=O) groups is 1. The van der Waals surface area contributed by atoms with E-state index in [2.05, 4.69) is 37.2 Å². The summed E-state index contributed by atoms with van der Waals surface area (Å²) in [6, 6.07) is 0. The van der Waals surface area contributed by atoms with Crippen molar-refractivity contribution in [1.29, 1.82) is 0 Å². The molecule has 1 aromatic carbocycles. The van der Waals surface area contributed by atoms with Gasteiger partial charge >= 0.3 is 0 Å². The maximum atomic E-state index is 11.8. The van der Waals surface area contributed by atoms with Crippen LogP contribution in [0.3, 0.4) is 0 Å². The van der Waals surface area contributed by atoms with Gasteiger partial charge in [-0.05, 0) is 56.8 Å². The number of amides is 1. The lowest BCUT2D eigenvalue weighted by molar-refractivity contribution is -0.118. The largest absolute Gasteiger partial charge is 0.397 e. The summed E-state index contributed by atoms with van der Waals surface area (Å²) in [4.78, 5) is 11.8. The molecule has 0 heterocycles. The van der Waals surface area contributed by atoms with E-state index in [0.29, 0.717) is 5.69 Å². The van der Waals surface area contributed by atoms with Crippen molar-refractivity contribution >= 4 is 49.1 Å². The fraction of sp³-hybridized carbons (Fsp3) is 0.417. The molecule has 0 radical (unpaired) electrons. The number of nitrogens with two attached hydrogens (primary N) is 1. The monoisotopic (exact) mass is 362 g/mol. The van der Waals surface area contributed by atoms with Crippen molar-refractivity contribution < 1.29 is 4.79 Å². The van der Waals surface area contributed by atoms with Gasteiger partial charge in [-0.25, -0.2) is 0 Å². The number of hydrogen-bond donors (Lipinski definition) is 2. The van der Waals surface area contributed by atoms with Gasteiger partial charge in [0.1, 0.15) is 0 Å². The Morgan fingerprint density at radius 1 is 1.18 bits per heavy atom. The van der Waals surface area contributed by atoms with Crippen LogP contribution in [0.25, 0.3) is 0 Å². The van der Waals surface area contributed by atoms with Crippen LogP contribution in [-0.4, -0.2) is 5.91 Å². The second kappa shape index (κ2) is 5.40. The van der Waals surface area contributed by atoms with E-state index in [1.807, 2.05) is 27.7 Å². The smallest absolute Gasteiger partial charge is 0.226 e. The van der Waals surface area contributed by atoms with Gasteiger partial charge in [0.05, 0.1) is 5.69 Å². The Labute approximate surface area is 118 Å². The molecule has 0 aliphatic rings. The zero-order chi connectivity index (χ0) is 13.3. The minimum Gasteiger partial charge on any atom is -0.397 e. The third-order valence-electron chi connectivity index (χ3n) is 2.65. The van der Waals surface area contributed by atoms with Crippen LogP contribution in [0.15, 0.2) is 8.95 Å². The van der Waals surface area contributed by atoms with Crippen molar-refractivity contribution in [2.45, 2.75) is 27.7 Å². The number of anilines is 2. The lowest BCUT2D eigenvalue weighted by Crippen LogP contribution is -2.19.